The molecule has 0 aliphatic heterocycles. The second-order valence-corrected chi connectivity index (χ2v) is 5.02. The van der Waals surface area contributed by atoms with Crippen molar-refractivity contribution in [2.75, 3.05) is 6.26 Å². The molecular weight excluding hydrogens is 288 g/mol. The van der Waals surface area contributed by atoms with Gasteiger partial charge in [0, 0.05) is 4.90 Å². The summed E-state index contributed by atoms with van der Waals surface area (Å²) in [5, 5.41) is 0. The molecule has 1 rings (SSSR count). The third-order valence-corrected chi connectivity index (χ3v) is 3.63. The molecule has 0 aliphatic rings. The SMILES string of the molecule is CSc1cccc(C(F)(F)F)c1S(=O)(=O)O.[H-].[Na+]. The average molecular weight is 296 g/mol. The number of benzene rings is 1. The van der Waals surface area contributed by atoms with Crippen LogP contribution in [0.25, 0.3) is 0 Å². The summed E-state index contributed by atoms with van der Waals surface area (Å²) in [7, 11) is -4.90. The number of rotatable bonds is 2. The van der Waals surface area contributed by atoms with Crippen LogP contribution in [0.2, 0.25) is 0 Å². The number of thioether (sulfide) groups is 1. The van der Waals surface area contributed by atoms with Crippen LogP contribution in [-0.4, -0.2) is 19.2 Å². The molecule has 0 bridgehead atoms. The first-order valence-electron chi connectivity index (χ1n) is 3.89. The van der Waals surface area contributed by atoms with E-state index in [1.807, 2.05) is 0 Å². The number of hydrogen-bond acceptors (Lipinski definition) is 3. The van der Waals surface area contributed by atoms with Gasteiger partial charge in [0.25, 0.3) is 10.1 Å². The summed E-state index contributed by atoms with van der Waals surface area (Å²) in [6.07, 6.45) is -3.40. The zero-order chi connectivity index (χ0) is 12.6. The summed E-state index contributed by atoms with van der Waals surface area (Å²) in [5.74, 6) is 0. The standard InChI is InChI=1S/C8H7F3O3S2.Na.H/c1-15-6-4-2-3-5(8(9,10)11)7(6)16(12,13)14;;/h2-4H,1H3,(H,12,13,14);;/q;+1;-1. The summed E-state index contributed by atoms with van der Waals surface area (Å²) < 4.78 is 68.2. The summed E-state index contributed by atoms with van der Waals surface area (Å²) >= 11 is 0.813. The Bertz CT molecular complexity index is 505. The molecule has 0 fully saturated rings. The largest absolute Gasteiger partial charge is 1.00 e. The van der Waals surface area contributed by atoms with E-state index in [1.54, 1.807) is 0 Å². The van der Waals surface area contributed by atoms with Gasteiger partial charge in [-0.05, 0) is 18.4 Å². The molecule has 0 saturated carbocycles. The Hall–Kier alpha value is 0.270. The third kappa shape index (κ3) is 4.15. The quantitative estimate of drug-likeness (QED) is 0.466. The molecule has 0 aliphatic carbocycles. The van der Waals surface area contributed by atoms with Crippen molar-refractivity contribution in [3.8, 4) is 0 Å². The van der Waals surface area contributed by atoms with Crippen LogP contribution in [0, 0.1) is 0 Å². The van der Waals surface area contributed by atoms with Gasteiger partial charge in [-0.2, -0.15) is 21.6 Å². The molecule has 0 unspecified atom stereocenters. The Morgan fingerprint density at radius 2 is 1.88 bits per heavy atom. The van der Waals surface area contributed by atoms with Gasteiger partial charge in [-0.1, -0.05) is 6.07 Å². The Kier molecular flexibility index (Phi) is 6.04. The maximum absolute atomic E-state index is 12.5. The zero-order valence-electron chi connectivity index (χ0n) is 9.95. The first kappa shape index (κ1) is 17.3. The summed E-state index contributed by atoms with van der Waals surface area (Å²) in [6, 6.07) is 2.90. The van der Waals surface area contributed by atoms with Crippen molar-refractivity contribution in [1.82, 2.24) is 0 Å². The van der Waals surface area contributed by atoms with Crippen molar-refractivity contribution in [2.45, 2.75) is 16.0 Å². The summed E-state index contributed by atoms with van der Waals surface area (Å²) in [4.78, 5) is -1.23. The molecule has 1 aromatic rings. The number of alkyl halides is 3. The Balaban J connectivity index is 0. The molecule has 0 saturated heterocycles. The fourth-order valence-electron chi connectivity index (χ4n) is 1.17. The van der Waals surface area contributed by atoms with Crippen LogP contribution in [0.1, 0.15) is 6.99 Å². The summed E-state index contributed by atoms with van der Waals surface area (Å²) in [5.41, 5.74) is -1.36. The van der Waals surface area contributed by atoms with Crippen LogP contribution in [0.3, 0.4) is 0 Å². The van der Waals surface area contributed by atoms with Gasteiger partial charge >= 0.3 is 35.7 Å². The van der Waals surface area contributed by atoms with E-state index in [-0.39, 0.29) is 35.9 Å². The zero-order valence-corrected chi connectivity index (χ0v) is 12.6. The predicted octanol–water partition coefficient (Wildman–Crippen LogP) is -0.210. The Morgan fingerprint density at radius 1 is 1.35 bits per heavy atom. The van der Waals surface area contributed by atoms with E-state index in [4.69, 9.17) is 4.55 Å². The van der Waals surface area contributed by atoms with E-state index < -0.39 is 26.8 Å². The smallest absolute Gasteiger partial charge is 1.00 e. The second-order valence-electron chi connectivity index (χ2n) is 2.81. The molecule has 92 valence electrons. The van der Waals surface area contributed by atoms with Crippen molar-refractivity contribution in [3.63, 3.8) is 0 Å². The average Bonchev–Trinajstić information content (AvgIpc) is 2.13. The van der Waals surface area contributed by atoms with E-state index in [0.717, 1.165) is 17.8 Å². The van der Waals surface area contributed by atoms with Gasteiger partial charge in [-0.25, -0.2) is 0 Å². The van der Waals surface area contributed by atoms with Gasteiger partial charge in [0.15, 0.2) is 0 Å². The minimum atomic E-state index is -4.90. The molecule has 9 heteroatoms. The topological polar surface area (TPSA) is 54.4 Å². The van der Waals surface area contributed by atoms with Crippen molar-refractivity contribution < 1.29 is 57.1 Å². The van der Waals surface area contributed by atoms with Crippen LogP contribution in [-0.2, 0) is 16.3 Å². The molecule has 0 aromatic heterocycles. The molecule has 1 aromatic carbocycles. The Morgan fingerprint density at radius 3 is 2.24 bits per heavy atom. The first-order chi connectivity index (χ1) is 7.18. The minimum absolute atomic E-state index is 0. The molecule has 0 atom stereocenters. The molecule has 0 spiro atoms. The first-order valence-corrected chi connectivity index (χ1v) is 6.56. The van der Waals surface area contributed by atoms with Crippen molar-refractivity contribution in [3.05, 3.63) is 23.8 Å². The van der Waals surface area contributed by atoms with Gasteiger partial charge < -0.3 is 1.43 Å². The fraction of sp³-hybridized carbons (Fsp3) is 0.250. The van der Waals surface area contributed by atoms with Gasteiger partial charge in [-0.3, -0.25) is 4.55 Å². The second kappa shape index (κ2) is 5.94. The normalized spacial score (nSPS) is 12.1. The van der Waals surface area contributed by atoms with E-state index in [0.29, 0.717) is 6.07 Å². The van der Waals surface area contributed by atoms with Crippen molar-refractivity contribution in [2.24, 2.45) is 0 Å². The maximum atomic E-state index is 12.5. The van der Waals surface area contributed by atoms with Crippen LogP contribution in [0.4, 0.5) is 13.2 Å². The molecule has 0 amide bonds. The number of halogens is 3. The van der Waals surface area contributed by atoms with E-state index in [9.17, 15) is 21.6 Å². The third-order valence-electron chi connectivity index (χ3n) is 1.76. The van der Waals surface area contributed by atoms with Crippen LogP contribution in [0.5, 0.6) is 0 Å². The molecule has 17 heavy (non-hydrogen) atoms. The molecule has 3 nitrogen and oxygen atoms in total. The summed E-state index contributed by atoms with van der Waals surface area (Å²) in [6.45, 7) is 0. The Labute approximate surface area is 124 Å². The molecule has 0 heterocycles. The van der Waals surface area contributed by atoms with Gasteiger partial charge in [-0.15, -0.1) is 11.8 Å². The van der Waals surface area contributed by atoms with E-state index in [1.165, 1.54) is 12.3 Å². The molecule has 0 radical (unpaired) electrons. The maximum Gasteiger partial charge on any atom is 1.00 e. The molecule has 1 N–H and O–H groups in total. The van der Waals surface area contributed by atoms with Crippen molar-refractivity contribution >= 4 is 21.9 Å². The van der Waals surface area contributed by atoms with Gasteiger partial charge in [0.1, 0.15) is 4.90 Å². The predicted molar refractivity (Wildman–Crippen MR) is 54.2 cm³/mol. The van der Waals surface area contributed by atoms with Crippen LogP contribution < -0.4 is 29.6 Å². The van der Waals surface area contributed by atoms with E-state index in [2.05, 4.69) is 0 Å². The van der Waals surface area contributed by atoms with Crippen molar-refractivity contribution in [1.29, 1.82) is 0 Å². The van der Waals surface area contributed by atoms with Gasteiger partial charge in [0.2, 0.25) is 0 Å². The number of hydrogen-bond donors (Lipinski definition) is 1. The van der Waals surface area contributed by atoms with Crippen LogP contribution in [0.15, 0.2) is 28.0 Å². The monoisotopic (exact) mass is 296 g/mol. The molecular formula is C8H8F3NaO3S2. The fourth-order valence-corrected chi connectivity index (χ4v) is 3.03. The minimum Gasteiger partial charge on any atom is -1.00 e. The van der Waals surface area contributed by atoms with Gasteiger partial charge in [0.05, 0.1) is 5.56 Å². The van der Waals surface area contributed by atoms with Crippen LogP contribution >= 0.6 is 11.8 Å². The van der Waals surface area contributed by atoms with E-state index >= 15 is 0 Å².